The van der Waals surface area contributed by atoms with E-state index in [0.717, 1.165) is 28.5 Å². The third kappa shape index (κ3) is 4.93. The summed E-state index contributed by atoms with van der Waals surface area (Å²) >= 11 is 8.36. The molecule has 5 rings (SSSR count). The average Bonchev–Trinajstić information content (AvgIpc) is 3.30. The van der Waals surface area contributed by atoms with E-state index in [1.54, 1.807) is 4.57 Å². The number of thioether (sulfide) groups is 1. The predicted octanol–water partition coefficient (Wildman–Crippen LogP) is 6.95. The van der Waals surface area contributed by atoms with Crippen LogP contribution in [0.2, 0.25) is 5.02 Å². The minimum absolute atomic E-state index is 0.00400. The fourth-order valence-electron chi connectivity index (χ4n) is 3.72. The van der Waals surface area contributed by atoms with Gasteiger partial charge in [-0.15, -0.1) is 11.3 Å². The van der Waals surface area contributed by atoms with Crippen molar-refractivity contribution < 1.29 is 9.18 Å². The van der Waals surface area contributed by atoms with Crippen LogP contribution in [0.1, 0.15) is 5.56 Å². The molecule has 2 aromatic heterocycles. The van der Waals surface area contributed by atoms with Gasteiger partial charge in [0.25, 0.3) is 5.56 Å². The van der Waals surface area contributed by atoms with Crippen molar-refractivity contribution in [3.63, 3.8) is 0 Å². The second-order valence-electron chi connectivity index (χ2n) is 8.03. The number of anilines is 1. The van der Waals surface area contributed by atoms with E-state index in [1.165, 1.54) is 29.5 Å². The molecule has 0 fully saturated rings. The number of aryl methyl sites for hydroxylation is 1. The van der Waals surface area contributed by atoms with E-state index in [1.807, 2.05) is 66.9 Å². The average molecular weight is 536 g/mol. The van der Waals surface area contributed by atoms with E-state index in [0.29, 0.717) is 26.7 Å². The number of halogens is 2. The van der Waals surface area contributed by atoms with Gasteiger partial charge in [-0.05, 0) is 42.8 Å². The van der Waals surface area contributed by atoms with Gasteiger partial charge in [-0.25, -0.2) is 9.37 Å². The predicted molar refractivity (Wildman–Crippen MR) is 146 cm³/mol. The Morgan fingerprint density at radius 2 is 1.86 bits per heavy atom. The summed E-state index contributed by atoms with van der Waals surface area (Å²) in [5, 5.41) is 5.51. The van der Waals surface area contributed by atoms with Crippen LogP contribution in [0.25, 0.3) is 27.0 Å². The summed E-state index contributed by atoms with van der Waals surface area (Å²) in [5.41, 5.74) is 3.76. The fraction of sp³-hybridized carbons (Fsp3) is 0.0741. The Labute approximate surface area is 219 Å². The first kappa shape index (κ1) is 24.2. The monoisotopic (exact) mass is 535 g/mol. The Hall–Kier alpha value is -3.46. The minimum Gasteiger partial charge on any atom is -0.325 e. The van der Waals surface area contributed by atoms with Crippen LogP contribution in [0.3, 0.4) is 0 Å². The molecule has 5 aromatic rings. The maximum atomic E-state index is 13.8. The zero-order chi connectivity index (χ0) is 25.2. The summed E-state index contributed by atoms with van der Waals surface area (Å²) in [7, 11) is 0. The van der Waals surface area contributed by atoms with Crippen molar-refractivity contribution in [1.29, 1.82) is 0 Å². The van der Waals surface area contributed by atoms with Crippen molar-refractivity contribution in [3.05, 3.63) is 105 Å². The molecule has 0 atom stereocenters. The van der Waals surface area contributed by atoms with Gasteiger partial charge in [0.2, 0.25) is 5.91 Å². The molecule has 0 unspecified atom stereocenters. The summed E-state index contributed by atoms with van der Waals surface area (Å²) in [4.78, 5) is 31.8. The number of aromatic nitrogens is 2. The van der Waals surface area contributed by atoms with Gasteiger partial charge in [0.15, 0.2) is 5.16 Å². The summed E-state index contributed by atoms with van der Waals surface area (Å²) in [6.45, 7) is 2.02. The van der Waals surface area contributed by atoms with E-state index in [2.05, 4.69) is 5.32 Å². The first-order valence-corrected chi connectivity index (χ1v) is 13.2. The highest BCUT2D eigenvalue weighted by atomic mass is 35.5. The van der Waals surface area contributed by atoms with Gasteiger partial charge in [-0.2, -0.15) is 0 Å². The number of carbonyl (C=O) groups excluding carboxylic acids is 1. The van der Waals surface area contributed by atoms with E-state index >= 15 is 0 Å². The Kier molecular flexibility index (Phi) is 6.91. The standard InChI is InChI=1S/C27H19ClFN3O2S2/c1-16-7-9-17(10-8-16)20-14-35-25-24(20)26(34)32(19-5-3-2-4-6-19)27(31-25)36-15-23(33)30-18-11-12-22(29)21(28)13-18/h2-14H,15H2,1H3,(H,30,33). The van der Waals surface area contributed by atoms with Crippen LogP contribution in [0, 0.1) is 12.7 Å². The molecule has 0 radical (unpaired) electrons. The topological polar surface area (TPSA) is 64.0 Å². The molecule has 0 spiro atoms. The third-order valence-electron chi connectivity index (χ3n) is 5.49. The number of hydrogen-bond donors (Lipinski definition) is 1. The summed E-state index contributed by atoms with van der Waals surface area (Å²) in [6.07, 6.45) is 0. The van der Waals surface area contributed by atoms with Crippen LogP contribution in [0.15, 0.2) is 88.1 Å². The van der Waals surface area contributed by atoms with Gasteiger partial charge < -0.3 is 5.32 Å². The molecule has 0 aliphatic carbocycles. The quantitative estimate of drug-likeness (QED) is 0.189. The Morgan fingerprint density at radius 3 is 2.58 bits per heavy atom. The molecule has 0 saturated carbocycles. The van der Waals surface area contributed by atoms with Crippen molar-refractivity contribution in [2.24, 2.45) is 0 Å². The molecule has 180 valence electrons. The molecule has 0 saturated heterocycles. The maximum Gasteiger partial charge on any atom is 0.268 e. The zero-order valence-corrected chi connectivity index (χ0v) is 21.4. The van der Waals surface area contributed by atoms with E-state index < -0.39 is 5.82 Å². The van der Waals surface area contributed by atoms with Crippen LogP contribution in [0.4, 0.5) is 10.1 Å². The fourth-order valence-corrected chi connectivity index (χ4v) is 5.70. The Bertz CT molecular complexity index is 1630. The summed E-state index contributed by atoms with van der Waals surface area (Å²) in [6, 6.07) is 21.2. The number of benzene rings is 3. The van der Waals surface area contributed by atoms with Crippen molar-refractivity contribution in [2.75, 3.05) is 11.1 Å². The largest absolute Gasteiger partial charge is 0.325 e. The highest BCUT2D eigenvalue weighted by Crippen LogP contribution is 2.33. The number of nitrogens with one attached hydrogen (secondary N) is 1. The SMILES string of the molecule is Cc1ccc(-c2csc3nc(SCC(=O)Nc4ccc(F)c(Cl)c4)n(-c4ccccc4)c(=O)c23)cc1. The number of carbonyl (C=O) groups is 1. The molecular formula is C27H19ClFN3O2S2. The van der Waals surface area contributed by atoms with E-state index in [9.17, 15) is 14.0 Å². The van der Waals surface area contributed by atoms with Crippen LogP contribution in [-0.4, -0.2) is 21.2 Å². The highest BCUT2D eigenvalue weighted by Gasteiger charge is 2.19. The Morgan fingerprint density at radius 1 is 1.11 bits per heavy atom. The summed E-state index contributed by atoms with van der Waals surface area (Å²) < 4.78 is 15.0. The molecule has 2 heterocycles. The summed E-state index contributed by atoms with van der Waals surface area (Å²) in [5.74, 6) is -0.895. The third-order valence-corrected chi connectivity index (χ3v) is 7.59. The second-order valence-corrected chi connectivity index (χ2v) is 10.2. The number of hydrogen-bond acceptors (Lipinski definition) is 5. The number of nitrogens with zero attached hydrogens (tertiary/aromatic N) is 2. The maximum absolute atomic E-state index is 13.8. The van der Waals surface area contributed by atoms with Gasteiger partial charge in [0.05, 0.1) is 21.8 Å². The number of para-hydroxylation sites is 1. The lowest BCUT2D eigenvalue weighted by Gasteiger charge is -2.13. The smallest absolute Gasteiger partial charge is 0.268 e. The van der Waals surface area contributed by atoms with Crippen molar-refractivity contribution in [2.45, 2.75) is 12.1 Å². The normalized spacial score (nSPS) is 11.1. The lowest BCUT2D eigenvalue weighted by molar-refractivity contribution is -0.113. The molecule has 1 N–H and O–H groups in total. The Balaban J connectivity index is 1.52. The minimum atomic E-state index is -0.561. The molecular weight excluding hydrogens is 517 g/mol. The zero-order valence-electron chi connectivity index (χ0n) is 19.0. The molecule has 0 aliphatic heterocycles. The van der Waals surface area contributed by atoms with Crippen LogP contribution >= 0.6 is 34.7 Å². The molecule has 9 heteroatoms. The lowest BCUT2D eigenvalue weighted by atomic mass is 10.1. The molecule has 3 aromatic carbocycles. The van der Waals surface area contributed by atoms with Gasteiger partial charge in [0, 0.05) is 16.6 Å². The second kappa shape index (κ2) is 10.3. The van der Waals surface area contributed by atoms with Gasteiger partial charge in [-0.1, -0.05) is 71.4 Å². The van der Waals surface area contributed by atoms with Crippen LogP contribution in [-0.2, 0) is 4.79 Å². The number of amides is 1. The highest BCUT2D eigenvalue weighted by molar-refractivity contribution is 7.99. The van der Waals surface area contributed by atoms with Gasteiger partial charge in [0.1, 0.15) is 10.6 Å². The van der Waals surface area contributed by atoms with E-state index in [4.69, 9.17) is 16.6 Å². The van der Waals surface area contributed by atoms with Crippen molar-refractivity contribution >= 4 is 56.5 Å². The number of rotatable bonds is 6. The first-order chi connectivity index (χ1) is 17.4. The van der Waals surface area contributed by atoms with Gasteiger partial charge >= 0.3 is 0 Å². The molecule has 36 heavy (non-hydrogen) atoms. The van der Waals surface area contributed by atoms with Gasteiger partial charge in [-0.3, -0.25) is 14.2 Å². The number of fused-ring (bicyclic) bond motifs is 1. The van der Waals surface area contributed by atoms with Crippen LogP contribution < -0.4 is 10.9 Å². The molecule has 5 nitrogen and oxygen atoms in total. The molecule has 0 aliphatic rings. The molecule has 1 amide bonds. The van der Waals surface area contributed by atoms with Crippen LogP contribution in [0.5, 0.6) is 0 Å². The molecule has 0 bridgehead atoms. The van der Waals surface area contributed by atoms with E-state index in [-0.39, 0.29) is 22.2 Å². The number of thiophene rings is 1. The first-order valence-electron chi connectivity index (χ1n) is 10.9. The van der Waals surface area contributed by atoms with Crippen molar-refractivity contribution in [3.8, 4) is 16.8 Å². The lowest BCUT2D eigenvalue weighted by Crippen LogP contribution is -2.22. The van der Waals surface area contributed by atoms with Crippen molar-refractivity contribution in [1.82, 2.24) is 9.55 Å².